The lowest BCUT2D eigenvalue weighted by molar-refractivity contribution is -0.0728. The molecule has 2 heterocycles. The SMILES string of the molecule is C1CCC2(CC1)COCC1CCNC12. The van der Waals surface area contributed by atoms with Crippen LogP contribution in [0.15, 0.2) is 0 Å². The molecule has 2 saturated heterocycles. The molecule has 0 amide bonds. The molecular formula is C12H21NO. The van der Waals surface area contributed by atoms with Crippen LogP contribution in [-0.4, -0.2) is 25.8 Å². The van der Waals surface area contributed by atoms with Crippen LogP contribution in [0.2, 0.25) is 0 Å². The molecule has 0 aromatic rings. The summed E-state index contributed by atoms with van der Waals surface area (Å²) in [6.45, 7) is 3.26. The molecule has 1 spiro atoms. The van der Waals surface area contributed by atoms with E-state index in [1.165, 1.54) is 45.1 Å². The molecule has 3 fully saturated rings. The van der Waals surface area contributed by atoms with E-state index in [1.807, 2.05) is 0 Å². The fourth-order valence-corrected chi connectivity index (χ4v) is 3.87. The van der Waals surface area contributed by atoms with Crippen molar-refractivity contribution in [3.8, 4) is 0 Å². The van der Waals surface area contributed by atoms with Gasteiger partial charge in [-0.1, -0.05) is 19.3 Å². The molecule has 1 N–H and O–H groups in total. The molecule has 14 heavy (non-hydrogen) atoms. The Balaban J connectivity index is 1.81. The van der Waals surface area contributed by atoms with Gasteiger partial charge in [0, 0.05) is 11.5 Å². The van der Waals surface area contributed by atoms with Crippen LogP contribution in [0.3, 0.4) is 0 Å². The minimum absolute atomic E-state index is 0.525. The van der Waals surface area contributed by atoms with Crippen LogP contribution in [0.1, 0.15) is 38.5 Å². The van der Waals surface area contributed by atoms with Gasteiger partial charge in [-0.3, -0.25) is 0 Å². The van der Waals surface area contributed by atoms with Gasteiger partial charge in [-0.15, -0.1) is 0 Å². The Morgan fingerprint density at radius 3 is 2.86 bits per heavy atom. The molecule has 0 bridgehead atoms. The maximum absolute atomic E-state index is 5.84. The quantitative estimate of drug-likeness (QED) is 0.638. The summed E-state index contributed by atoms with van der Waals surface area (Å²) in [5, 5.41) is 3.74. The van der Waals surface area contributed by atoms with Crippen molar-refractivity contribution in [2.75, 3.05) is 19.8 Å². The van der Waals surface area contributed by atoms with E-state index in [1.54, 1.807) is 0 Å². The molecule has 2 unspecified atom stereocenters. The largest absolute Gasteiger partial charge is 0.380 e. The normalized spacial score (nSPS) is 41.1. The van der Waals surface area contributed by atoms with Crippen molar-refractivity contribution < 1.29 is 4.74 Å². The lowest BCUT2D eigenvalue weighted by Crippen LogP contribution is -2.53. The van der Waals surface area contributed by atoms with E-state index < -0.39 is 0 Å². The molecule has 80 valence electrons. The summed E-state index contributed by atoms with van der Waals surface area (Å²) in [7, 11) is 0. The third-order valence-electron chi connectivity index (χ3n) is 4.58. The van der Waals surface area contributed by atoms with E-state index in [9.17, 15) is 0 Å². The molecule has 3 rings (SSSR count). The van der Waals surface area contributed by atoms with Gasteiger partial charge in [0.2, 0.25) is 0 Å². The second-order valence-corrected chi connectivity index (χ2v) is 5.42. The van der Waals surface area contributed by atoms with Crippen LogP contribution < -0.4 is 5.32 Å². The minimum atomic E-state index is 0.525. The number of ether oxygens (including phenoxy) is 1. The Bertz CT molecular complexity index is 205. The average molecular weight is 195 g/mol. The summed E-state index contributed by atoms with van der Waals surface area (Å²) in [5.74, 6) is 0.821. The van der Waals surface area contributed by atoms with Gasteiger partial charge >= 0.3 is 0 Å². The van der Waals surface area contributed by atoms with E-state index >= 15 is 0 Å². The second-order valence-electron chi connectivity index (χ2n) is 5.42. The average Bonchev–Trinajstić information content (AvgIpc) is 2.69. The fourth-order valence-electron chi connectivity index (χ4n) is 3.87. The molecule has 2 heteroatoms. The number of fused-ring (bicyclic) bond motifs is 2. The molecule has 0 aromatic heterocycles. The van der Waals surface area contributed by atoms with E-state index in [0.29, 0.717) is 5.41 Å². The number of nitrogens with one attached hydrogen (secondary N) is 1. The maximum atomic E-state index is 5.84. The van der Waals surface area contributed by atoms with E-state index in [-0.39, 0.29) is 0 Å². The highest BCUT2D eigenvalue weighted by atomic mass is 16.5. The highest BCUT2D eigenvalue weighted by molar-refractivity contribution is 5.01. The zero-order chi connectivity index (χ0) is 9.43. The fraction of sp³-hybridized carbons (Fsp3) is 1.00. The molecule has 2 nitrogen and oxygen atoms in total. The zero-order valence-electron chi connectivity index (χ0n) is 8.93. The maximum Gasteiger partial charge on any atom is 0.0537 e. The van der Waals surface area contributed by atoms with Gasteiger partial charge in [0.05, 0.1) is 13.2 Å². The topological polar surface area (TPSA) is 21.3 Å². The first-order chi connectivity index (χ1) is 6.91. The Morgan fingerprint density at radius 1 is 1.14 bits per heavy atom. The molecule has 0 aromatic carbocycles. The van der Waals surface area contributed by atoms with Gasteiger partial charge < -0.3 is 10.1 Å². The van der Waals surface area contributed by atoms with Crippen LogP contribution in [0.25, 0.3) is 0 Å². The summed E-state index contributed by atoms with van der Waals surface area (Å²) in [6, 6.07) is 0.788. The predicted octanol–water partition coefficient (Wildman–Crippen LogP) is 1.95. The van der Waals surface area contributed by atoms with Gasteiger partial charge in [0.25, 0.3) is 0 Å². The molecular weight excluding hydrogens is 174 g/mol. The monoisotopic (exact) mass is 195 g/mol. The van der Waals surface area contributed by atoms with Gasteiger partial charge in [0.1, 0.15) is 0 Å². The Kier molecular flexibility index (Phi) is 2.29. The van der Waals surface area contributed by atoms with Crippen molar-refractivity contribution in [2.45, 2.75) is 44.6 Å². The number of rotatable bonds is 0. The summed E-state index contributed by atoms with van der Waals surface area (Å²) in [4.78, 5) is 0. The van der Waals surface area contributed by atoms with Crippen LogP contribution >= 0.6 is 0 Å². The standard InChI is InChI=1S/C12H21NO/c1-2-5-12(6-3-1)9-14-8-10-4-7-13-11(10)12/h10-11,13H,1-9H2. The summed E-state index contributed by atoms with van der Waals surface area (Å²) >= 11 is 0. The van der Waals surface area contributed by atoms with Crippen LogP contribution in [0, 0.1) is 11.3 Å². The molecule has 1 aliphatic carbocycles. The van der Waals surface area contributed by atoms with Gasteiger partial charge in [-0.25, -0.2) is 0 Å². The molecule has 0 radical (unpaired) electrons. The zero-order valence-corrected chi connectivity index (χ0v) is 8.93. The molecule has 3 aliphatic rings. The first-order valence-corrected chi connectivity index (χ1v) is 6.22. The molecule has 2 atom stereocenters. The smallest absolute Gasteiger partial charge is 0.0537 e. The Hall–Kier alpha value is -0.0800. The van der Waals surface area contributed by atoms with Crippen molar-refractivity contribution in [2.24, 2.45) is 11.3 Å². The lowest BCUT2D eigenvalue weighted by Gasteiger charge is -2.47. The van der Waals surface area contributed by atoms with Gasteiger partial charge in [-0.2, -0.15) is 0 Å². The van der Waals surface area contributed by atoms with Crippen molar-refractivity contribution in [1.82, 2.24) is 5.32 Å². The van der Waals surface area contributed by atoms with Crippen LogP contribution in [-0.2, 0) is 4.74 Å². The highest BCUT2D eigenvalue weighted by Gasteiger charge is 2.48. The van der Waals surface area contributed by atoms with E-state index in [0.717, 1.165) is 25.2 Å². The van der Waals surface area contributed by atoms with Crippen LogP contribution in [0.4, 0.5) is 0 Å². The summed E-state index contributed by atoms with van der Waals surface area (Å²) in [6.07, 6.45) is 8.44. The van der Waals surface area contributed by atoms with E-state index in [4.69, 9.17) is 4.74 Å². The van der Waals surface area contributed by atoms with Crippen molar-refractivity contribution >= 4 is 0 Å². The first-order valence-electron chi connectivity index (χ1n) is 6.22. The predicted molar refractivity (Wildman–Crippen MR) is 56.2 cm³/mol. The second kappa shape index (κ2) is 3.49. The van der Waals surface area contributed by atoms with Crippen molar-refractivity contribution in [3.05, 3.63) is 0 Å². The molecule has 2 aliphatic heterocycles. The first kappa shape index (κ1) is 9.17. The lowest BCUT2D eigenvalue weighted by atomic mass is 9.65. The Labute approximate surface area is 86.4 Å². The van der Waals surface area contributed by atoms with Crippen molar-refractivity contribution in [3.63, 3.8) is 0 Å². The number of hydrogen-bond donors (Lipinski definition) is 1. The summed E-state index contributed by atoms with van der Waals surface area (Å²) in [5.41, 5.74) is 0.525. The highest BCUT2D eigenvalue weighted by Crippen LogP contribution is 2.46. The van der Waals surface area contributed by atoms with Crippen molar-refractivity contribution in [1.29, 1.82) is 0 Å². The van der Waals surface area contributed by atoms with Gasteiger partial charge in [0.15, 0.2) is 0 Å². The minimum Gasteiger partial charge on any atom is -0.380 e. The Morgan fingerprint density at radius 2 is 2.00 bits per heavy atom. The third-order valence-corrected chi connectivity index (χ3v) is 4.58. The van der Waals surface area contributed by atoms with E-state index in [2.05, 4.69) is 5.32 Å². The van der Waals surface area contributed by atoms with Crippen LogP contribution in [0.5, 0.6) is 0 Å². The third kappa shape index (κ3) is 1.31. The number of hydrogen-bond acceptors (Lipinski definition) is 2. The summed E-state index contributed by atoms with van der Waals surface area (Å²) < 4.78 is 5.84. The molecule has 1 saturated carbocycles. The van der Waals surface area contributed by atoms with Gasteiger partial charge in [-0.05, 0) is 31.7 Å².